The van der Waals surface area contributed by atoms with Crippen LogP contribution in [0.3, 0.4) is 0 Å². The lowest BCUT2D eigenvalue weighted by atomic mass is 9.99. The van der Waals surface area contributed by atoms with Gasteiger partial charge in [0.05, 0.1) is 25.5 Å². The Hall–Kier alpha value is -2.69. The number of anilines is 1. The van der Waals surface area contributed by atoms with Gasteiger partial charge in [-0.15, -0.1) is 0 Å². The molecule has 2 N–H and O–H groups in total. The molecule has 2 aromatic rings. The average molecular weight is 357 g/mol. The molecule has 2 rings (SSSR count). The Morgan fingerprint density at radius 3 is 2.31 bits per heavy atom. The molecule has 0 saturated carbocycles. The predicted octanol–water partition coefficient (Wildman–Crippen LogP) is 4.33. The Bertz CT molecular complexity index is 786. The van der Waals surface area contributed by atoms with Crippen molar-refractivity contribution in [2.75, 3.05) is 20.0 Å². The molecule has 0 heterocycles. The lowest BCUT2D eigenvalue weighted by Crippen LogP contribution is -2.28. The van der Waals surface area contributed by atoms with Gasteiger partial charge in [-0.05, 0) is 55.7 Å². The molecule has 1 atom stereocenters. The summed E-state index contributed by atoms with van der Waals surface area (Å²) in [6.45, 7) is 5.87. The van der Waals surface area contributed by atoms with Crippen molar-refractivity contribution in [2.45, 2.75) is 39.7 Å². The second-order valence-electron chi connectivity index (χ2n) is 6.32. The normalized spacial score (nSPS) is 11.7. The molecule has 140 valence electrons. The number of benzene rings is 2. The quantitative estimate of drug-likeness (QED) is 0.562. The molecule has 1 unspecified atom stereocenters. The molecule has 2 aromatic carbocycles. The molecule has 0 aliphatic rings. The lowest BCUT2D eigenvalue weighted by molar-refractivity contribution is 0.0775. The number of nitrogens with two attached hydrogens (primary N) is 1. The van der Waals surface area contributed by atoms with Crippen LogP contribution in [0.15, 0.2) is 30.3 Å². The van der Waals surface area contributed by atoms with Gasteiger partial charge in [0.15, 0.2) is 6.10 Å². The largest absolute Gasteiger partial charge is 0.496 e. The molecule has 0 amide bonds. The van der Waals surface area contributed by atoms with Gasteiger partial charge in [0.25, 0.3) is 0 Å². The highest BCUT2D eigenvalue weighted by Gasteiger charge is 2.26. The third kappa shape index (κ3) is 4.28. The molecule has 0 spiro atoms. The molecule has 0 radical (unpaired) electrons. The van der Waals surface area contributed by atoms with Crippen LogP contribution in [0, 0.1) is 13.8 Å². The van der Waals surface area contributed by atoms with E-state index in [1.54, 1.807) is 32.4 Å². The fourth-order valence-corrected chi connectivity index (χ4v) is 2.85. The Morgan fingerprint density at radius 2 is 1.73 bits per heavy atom. The van der Waals surface area contributed by atoms with Crippen molar-refractivity contribution in [3.63, 3.8) is 0 Å². The number of Topliss-reactive ketones (excluding diaryl/α,β-unsaturated/α-hetero) is 1. The molecule has 0 fully saturated rings. The maximum Gasteiger partial charge on any atom is 0.207 e. The van der Waals surface area contributed by atoms with Gasteiger partial charge in [-0.25, -0.2) is 0 Å². The van der Waals surface area contributed by atoms with Gasteiger partial charge in [-0.3, -0.25) is 4.79 Å². The van der Waals surface area contributed by atoms with Crippen molar-refractivity contribution in [2.24, 2.45) is 0 Å². The third-order valence-corrected chi connectivity index (χ3v) is 4.26. The van der Waals surface area contributed by atoms with Crippen LogP contribution in [0.4, 0.5) is 5.69 Å². The standard InChI is InChI=1S/C21H27NO4/c1-6-7-18(26-17-9-8-13(2)10-16(17)22)21(23)15-12-19(24-4)14(3)11-20(15)25-5/h8-12,18H,6-7,22H2,1-5H3. The van der Waals surface area contributed by atoms with Crippen molar-refractivity contribution in [3.8, 4) is 17.2 Å². The van der Waals surface area contributed by atoms with Gasteiger partial charge in [0.1, 0.15) is 17.2 Å². The molecular formula is C21H27NO4. The number of ether oxygens (including phenoxy) is 3. The minimum Gasteiger partial charge on any atom is -0.496 e. The Morgan fingerprint density at radius 1 is 1.04 bits per heavy atom. The Labute approximate surface area is 155 Å². The van der Waals surface area contributed by atoms with Crippen LogP contribution in [0.5, 0.6) is 17.2 Å². The summed E-state index contributed by atoms with van der Waals surface area (Å²) in [4.78, 5) is 13.2. The summed E-state index contributed by atoms with van der Waals surface area (Å²) in [6, 6.07) is 9.05. The molecule has 0 aliphatic heterocycles. The number of rotatable bonds is 8. The van der Waals surface area contributed by atoms with Gasteiger partial charge in [0, 0.05) is 0 Å². The van der Waals surface area contributed by atoms with Crippen LogP contribution in [0.1, 0.15) is 41.3 Å². The monoisotopic (exact) mass is 357 g/mol. The number of carbonyl (C=O) groups is 1. The molecule has 26 heavy (non-hydrogen) atoms. The number of hydrogen-bond acceptors (Lipinski definition) is 5. The number of ketones is 1. The average Bonchev–Trinajstić information content (AvgIpc) is 2.62. The fraction of sp³-hybridized carbons (Fsp3) is 0.381. The minimum atomic E-state index is -0.647. The van der Waals surface area contributed by atoms with E-state index in [-0.39, 0.29) is 5.78 Å². The molecule has 5 nitrogen and oxygen atoms in total. The summed E-state index contributed by atoms with van der Waals surface area (Å²) in [5, 5.41) is 0. The first-order valence-corrected chi connectivity index (χ1v) is 8.70. The van der Waals surface area contributed by atoms with Gasteiger partial charge >= 0.3 is 0 Å². The SMILES string of the molecule is CCCC(Oc1ccc(C)cc1N)C(=O)c1cc(OC)c(C)cc1OC. The van der Waals surface area contributed by atoms with Crippen LogP contribution in [-0.4, -0.2) is 26.1 Å². The van der Waals surface area contributed by atoms with E-state index in [4.69, 9.17) is 19.9 Å². The molecule has 5 heteroatoms. The molecular weight excluding hydrogens is 330 g/mol. The molecule has 0 saturated heterocycles. The van der Waals surface area contributed by atoms with Crippen molar-refractivity contribution >= 4 is 11.5 Å². The second-order valence-corrected chi connectivity index (χ2v) is 6.32. The zero-order chi connectivity index (χ0) is 19.3. The Balaban J connectivity index is 2.39. The van der Waals surface area contributed by atoms with E-state index in [9.17, 15) is 4.79 Å². The maximum atomic E-state index is 13.2. The fourth-order valence-electron chi connectivity index (χ4n) is 2.85. The summed E-state index contributed by atoms with van der Waals surface area (Å²) < 4.78 is 16.8. The van der Waals surface area contributed by atoms with E-state index < -0.39 is 6.10 Å². The topological polar surface area (TPSA) is 70.8 Å². The molecule has 0 aliphatic carbocycles. The highest BCUT2D eigenvalue weighted by Crippen LogP contribution is 2.31. The van der Waals surface area contributed by atoms with Crippen LogP contribution in [0.25, 0.3) is 0 Å². The van der Waals surface area contributed by atoms with E-state index in [0.717, 1.165) is 17.5 Å². The maximum absolute atomic E-state index is 13.2. The van der Waals surface area contributed by atoms with Crippen molar-refractivity contribution in [1.82, 2.24) is 0 Å². The predicted molar refractivity (Wildman–Crippen MR) is 104 cm³/mol. The first-order chi connectivity index (χ1) is 12.4. The first kappa shape index (κ1) is 19.6. The number of carbonyl (C=O) groups excluding carboxylic acids is 1. The van der Waals surface area contributed by atoms with Crippen LogP contribution in [-0.2, 0) is 0 Å². The Kier molecular flexibility index (Phi) is 6.50. The van der Waals surface area contributed by atoms with Gasteiger partial charge in [-0.2, -0.15) is 0 Å². The van der Waals surface area contributed by atoms with Crippen LogP contribution >= 0.6 is 0 Å². The van der Waals surface area contributed by atoms with E-state index in [1.807, 2.05) is 32.9 Å². The highest BCUT2D eigenvalue weighted by molar-refractivity contribution is 6.02. The zero-order valence-corrected chi connectivity index (χ0v) is 16.1. The van der Waals surface area contributed by atoms with E-state index >= 15 is 0 Å². The van der Waals surface area contributed by atoms with Crippen molar-refractivity contribution < 1.29 is 19.0 Å². The number of nitrogen functional groups attached to an aromatic ring is 1. The summed E-state index contributed by atoms with van der Waals surface area (Å²) in [6.07, 6.45) is 0.727. The van der Waals surface area contributed by atoms with Crippen molar-refractivity contribution in [3.05, 3.63) is 47.0 Å². The number of methoxy groups -OCH3 is 2. The highest BCUT2D eigenvalue weighted by atomic mass is 16.5. The summed E-state index contributed by atoms with van der Waals surface area (Å²) in [5.74, 6) is 1.51. The summed E-state index contributed by atoms with van der Waals surface area (Å²) in [5.41, 5.74) is 8.95. The van der Waals surface area contributed by atoms with E-state index in [1.165, 1.54) is 0 Å². The number of aryl methyl sites for hydroxylation is 2. The minimum absolute atomic E-state index is 0.151. The molecule has 0 bridgehead atoms. The summed E-state index contributed by atoms with van der Waals surface area (Å²) >= 11 is 0. The smallest absolute Gasteiger partial charge is 0.207 e. The van der Waals surface area contributed by atoms with Gasteiger partial charge in [-0.1, -0.05) is 19.4 Å². The second kappa shape index (κ2) is 8.61. The van der Waals surface area contributed by atoms with Gasteiger partial charge < -0.3 is 19.9 Å². The van der Waals surface area contributed by atoms with E-state index in [2.05, 4.69) is 0 Å². The number of hydrogen-bond donors (Lipinski definition) is 1. The van der Waals surface area contributed by atoms with Crippen LogP contribution < -0.4 is 19.9 Å². The first-order valence-electron chi connectivity index (χ1n) is 8.70. The zero-order valence-electron chi connectivity index (χ0n) is 16.1. The van der Waals surface area contributed by atoms with E-state index in [0.29, 0.717) is 34.9 Å². The van der Waals surface area contributed by atoms with Crippen LogP contribution in [0.2, 0.25) is 0 Å². The van der Waals surface area contributed by atoms with Gasteiger partial charge in [0.2, 0.25) is 5.78 Å². The summed E-state index contributed by atoms with van der Waals surface area (Å²) in [7, 11) is 3.13. The molecule has 0 aromatic heterocycles. The van der Waals surface area contributed by atoms with Crippen molar-refractivity contribution in [1.29, 1.82) is 0 Å². The third-order valence-electron chi connectivity index (χ3n) is 4.26. The lowest BCUT2D eigenvalue weighted by Gasteiger charge is -2.21.